The van der Waals surface area contributed by atoms with E-state index in [1.807, 2.05) is 0 Å². The Bertz CT molecular complexity index is 805. The molecule has 2 aliphatic carbocycles. The molecule has 0 atom stereocenters. The van der Waals surface area contributed by atoms with Gasteiger partial charge >= 0.3 is 5.97 Å². The van der Waals surface area contributed by atoms with Gasteiger partial charge in [-0.05, 0) is 31.7 Å². The molecule has 2 saturated carbocycles. The normalized spacial score (nSPS) is 18.0. The van der Waals surface area contributed by atoms with Gasteiger partial charge in [-0.3, -0.25) is 10.1 Å². The van der Waals surface area contributed by atoms with Crippen LogP contribution in [-0.2, 0) is 4.79 Å². The zero-order valence-electron chi connectivity index (χ0n) is 13.2. The molecule has 2 heterocycles. The van der Waals surface area contributed by atoms with Gasteiger partial charge in [0.15, 0.2) is 5.65 Å². The monoisotopic (exact) mass is 329 g/mol. The molecule has 0 bridgehead atoms. The number of carboxylic acid groups (broad SMARTS) is 1. The molecule has 2 fully saturated rings. The standard InChI is InChI=1S/C16H19N5O3/c22-14(9-5-6-9)19-16-18-13-7-11(15(23)24)12(8-21(13)20-16)17-10-3-1-2-4-10/h7-10,17H,1-6H2,(H,23,24)(H,19,20,22). The minimum Gasteiger partial charge on any atom is -0.478 e. The molecule has 8 nitrogen and oxygen atoms in total. The lowest BCUT2D eigenvalue weighted by Gasteiger charge is -2.15. The molecule has 0 unspecified atom stereocenters. The molecule has 2 aromatic rings. The second-order valence-electron chi connectivity index (χ2n) is 6.53. The maximum absolute atomic E-state index is 11.8. The van der Waals surface area contributed by atoms with Gasteiger partial charge in [-0.1, -0.05) is 12.8 Å². The largest absolute Gasteiger partial charge is 0.478 e. The SMILES string of the molecule is O=C(O)c1cc2nc(NC(=O)C3CC3)nn2cc1NC1CCCC1. The van der Waals surface area contributed by atoms with Crippen molar-refractivity contribution in [1.82, 2.24) is 14.6 Å². The van der Waals surface area contributed by atoms with Gasteiger partial charge in [-0.15, -0.1) is 5.10 Å². The van der Waals surface area contributed by atoms with Crippen LogP contribution in [0.3, 0.4) is 0 Å². The number of pyridine rings is 1. The summed E-state index contributed by atoms with van der Waals surface area (Å²) in [7, 11) is 0. The average molecular weight is 329 g/mol. The van der Waals surface area contributed by atoms with E-state index in [0.29, 0.717) is 11.3 Å². The van der Waals surface area contributed by atoms with Crippen LogP contribution < -0.4 is 10.6 Å². The summed E-state index contributed by atoms with van der Waals surface area (Å²) in [4.78, 5) is 27.6. The van der Waals surface area contributed by atoms with E-state index in [0.717, 1.165) is 38.5 Å². The molecular formula is C16H19N5O3. The van der Waals surface area contributed by atoms with E-state index in [1.165, 1.54) is 10.6 Å². The van der Waals surface area contributed by atoms with Crippen molar-refractivity contribution in [2.45, 2.75) is 44.6 Å². The number of fused-ring (bicyclic) bond motifs is 1. The van der Waals surface area contributed by atoms with Gasteiger partial charge in [0.1, 0.15) is 0 Å². The third-order valence-corrected chi connectivity index (χ3v) is 4.60. The number of carbonyl (C=O) groups excluding carboxylic acids is 1. The van der Waals surface area contributed by atoms with E-state index in [1.54, 1.807) is 6.20 Å². The summed E-state index contributed by atoms with van der Waals surface area (Å²) in [5, 5.41) is 19.7. The summed E-state index contributed by atoms with van der Waals surface area (Å²) >= 11 is 0. The van der Waals surface area contributed by atoms with Gasteiger partial charge in [-0.2, -0.15) is 4.98 Å². The van der Waals surface area contributed by atoms with Crippen LogP contribution in [0.15, 0.2) is 12.3 Å². The van der Waals surface area contributed by atoms with Crippen molar-refractivity contribution >= 4 is 29.2 Å². The van der Waals surface area contributed by atoms with Crippen molar-refractivity contribution in [3.8, 4) is 0 Å². The predicted octanol–water partition coefficient (Wildman–Crippen LogP) is 2.13. The number of aromatic carboxylic acids is 1. The zero-order chi connectivity index (χ0) is 16.7. The maximum Gasteiger partial charge on any atom is 0.337 e. The van der Waals surface area contributed by atoms with E-state index in [-0.39, 0.29) is 29.4 Å². The summed E-state index contributed by atoms with van der Waals surface area (Å²) < 4.78 is 1.51. The molecule has 0 aliphatic heterocycles. The number of amides is 1. The summed E-state index contributed by atoms with van der Waals surface area (Å²) in [6, 6.07) is 1.78. The molecule has 2 aromatic heterocycles. The van der Waals surface area contributed by atoms with Crippen LogP contribution in [0.1, 0.15) is 48.9 Å². The molecule has 1 amide bonds. The summed E-state index contributed by atoms with van der Waals surface area (Å²) in [5.74, 6) is -0.815. The molecule has 2 aliphatic rings. The first-order chi connectivity index (χ1) is 11.6. The Hall–Kier alpha value is -2.64. The predicted molar refractivity (Wildman–Crippen MR) is 87.2 cm³/mol. The van der Waals surface area contributed by atoms with Gasteiger partial charge in [0.2, 0.25) is 11.9 Å². The van der Waals surface area contributed by atoms with Crippen LogP contribution in [-0.4, -0.2) is 37.6 Å². The van der Waals surface area contributed by atoms with Gasteiger partial charge in [0.25, 0.3) is 0 Å². The fraction of sp³-hybridized carbons (Fsp3) is 0.500. The molecule has 0 radical (unpaired) electrons. The summed E-state index contributed by atoms with van der Waals surface area (Å²) in [5.41, 5.74) is 1.10. The Labute approximate surface area is 138 Å². The van der Waals surface area contributed by atoms with Crippen LogP contribution in [0.5, 0.6) is 0 Å². The summed E-state index contributed by atoms with van der Waals surface area (Å²) in [6.45, 7) is 0. The molecule has 0 aromatic carbocycles. The number of carbonyl (C=O) groups is 2. The van der Waals surface area contributed by atoms with Crippen molar-refractivity contribution in [1.29, 1.82) is 0 Å². The fourth-order valence-electron chi connectivity index (χ4n) is 3.12. The Kier molecular flexibility index (Phi) is 3.59. The molecule has 0 saturated heterocycles. The van der Waals surface area contributed by atoms with Gasteiger partial charge in [0.05, 0.1) is 17.4 Å². The molecule has 4 rings (SSSR count). The van der Waals surface area contributed by atoms with Crippen molar-refractivity contribution in [2.75, 3.05) is 10.6 Å². The number of nitrogens with one attached hydrogen (secondary N) is 2. The van der Waals surface area contributed by atoms with Crippen LogP contribution >= 0.6 is 0 Å². The Morgan fingerprint density at radius 1 is 1.21 bits per heavy atom. The number of carboxylic acids is 1. The minimum absolute atomic E-state index is 0.0609. The molecule has 8 heteroatoms. The lowest BCUT2D eigenvalue weighted by atomic mass is 10.2. The third-order valence-electron chi connectivity index (χ3n) is 4.60. The van der Waals surface area contributed by atoms with Crippen LogP contribution in [0.4, 0.5) is 11.6 Å². The number of aromatic nitrogens is 3. The Balaban J connectivity index is 1.64. The molecule has 3 N–H and O–H groups in total. The highest BCUT2D eigenvalue weighted by molar-refractivity contribution is 5.96. The van der Waals surface area contributed by atoms with E-state index in [9.17, 15) is 14.7 Å². The van der Waals surface area contributed by atoms with Crippen molar-refractivity contribution in [3.05, 3.63) is 17.8 Å². The fourth-order valence-corrected chi connectivity index (χ4v) is 3.12. The zero-order valence-corrected chi connectivity index (χ0v) is 13.2. The van der Waals surface area contributed by atoms with E-state index < -0.39 is 5.97 Å². The van der Waals surface area contributed by atoms with E-state index in [2.05, 4.69) is 20.7 Å². The van der Waals surface area contributed by atoms with Gasteiger partial charge in [-0.25, -0.2) is 9.31 Å². The van der Waals surface area contributed by atoms with Gasteiger partial charge < -0.3 is 10.4 Å². The van der Waals surface area contributed by atoms with Crippen molar-refractivity contribution in [3.63, 3.8) is 0 Å². The number of anilines is 2. The first-order valence-corrected chi connectivity index (χ1v) is 8.31. The highest BCUT2D eigenvalue weighted by Crippen LogP contribution is 2.30. The second kappa shape index (κ2) is 5.77. The highest BCUT2D eigenvalue weighted by atomic mass is 16.4. The summed E-state index contributed by atoms with van der Waals surface area (Å²) in [6.07, 6.45) is 7.83. The molecule has 24 heavy (non-hydrogen) atoms. The quantitative estimate of drug-likeness (QED) is 0.775. The number of rotatable bonds is 5. The third kappa shape index (κ3) is 2.91. The first kappa shape index (κ1) is 14.9. The number of hydrogen-bond acceptors (Lipinski definition) is 5. The van der Waals surface area contributed by atoms with Crippen molar-refractivity contribution in [2.24, 2.45) is 5.92 Å². The highest BCUT2D eigenvalue weighted by Gasteiger charge is 2.30. The number of hydrogen-bond donors (Lipinski definition) is 3. The second-order valence-corrected chi connectivity index (χ2v) is 6.53. The van der Waals surface area contributed by atoms with Crippen molar-refractivity contribution < 1.29 is 14.7 Å². The van der Waals surface area contributed by atoms with Crippen LogP contribution in [0.2, 0.25) is 0 Å². The Morgan fingerprint density at radius 3 is 2.62 bits per heavy atom. The molecule has 0 spiro atoms. The average Bonchev–Trinajstić information content (AvgIpc) is 3.14. The van der Waals surface area contributed by atoms with E-state index >= 15 is 0 Å². The van der Waals surface area contributed by atoms with Gasteiger partial charge in [0, 0.05) is 12.0 Å². The number of nitrogens with zero attached hydrogens (tertiary/aromatic N) is 3. The van der Waals surface area contributed by atoms with Crippen LogP contribution in [0, 0.1) is 5.92 Å². The molecule has 126 valence electrons. The maximum atomic E-state index is 11.8. The van der Waals surface area contributed by atoms with E-state index in [4.69, 9.17) is 0 Å². The minimum atomic E-state index is -1.01. The Morgan fingerprint density at radius 2 is 1.96 bits per heavy atom. The first-order valence-electron chi connectivity index (χ1n) is 8.31. The topological polar surface area (TPSA) is 109 Å². The molecular weight excluding hydrogens is 310 g/mol. The van der Waals surface area contributed by atoms with Crippen LogP contribution in [0.25, 0.3) is 5.65 Å². The lowest BCUT2D eigenvalue weighted by Crippen LogP contribution is -2.17. The lowest BCUT2D eigenvalue weighted by molar-refractivity contribution is -0.117. The smallest absolute Gasteiger partial charge is 0.337 e.